The highest BCUT2D eigenvalue weighted by Gasteiger charge is 2.43. The van der Waals surface area contributed by atoms with Crippen LogP contribution in [0.5, 0.6) is 11.5 Å². The minimum atomic E-state index is -0.518. The van der Waals surface area contributed by atoms with E-state index in [1.54, 1.807) is 19.1 Å². The van der Waals surface area contributed by atoms with E-state index in [0.29, 0.717) is 23.9 Å². The Kier molecular flexibility index (Phi) is 4.94. The number of phenolic OH excluding ortho intramolecular Hbond substituents is 1. The number of phenols is 1. The number of benzene rings is 1. The monoisotopic (exact) mass is 365 g/mol. The first kappa shape index (κ1) is 17.3. The Morgan fingerprint density at radius 2 is 2.24 bits per heavy atom. The topological polar surface area (TPSA) is 83.5 Å². The van der Waals surface area contributed by atoms with E-state index in [9.17, 15) is 14.3 Å². The zero-order valence-corrected chi connectivity index (χ0v) is 14.2. The number of pyridine rings is 1. The van der Waals surface area contributed by atoms with Gasteiger partial charge in [-0.1, -0.05) is 11.6 Å². The molecule has 3 rings (SSSR count). The van der Waals surface area contributed by atoms with Crippen molar-refractivity contribution in [3.8, 4) is 11.5 Å². The van der Waals surface area contributed by atoms with Crippen molar-refractivity contribution in [2.75, 3.05) is 11.9 Å². The lowest BCUT2D eigenvalue weighted by molar-refractivity contribution is 0.251. The van der Waals surface area contributed by atoms with Crippen LogP contribution in [0.15, 0.2) is 30.5 Å². The van der Waals surface area contributed by atoms with Crippen molar-refractivity contribution in [3.05, 3.63) is 46.9 Å². The minimum absolute atomic E-state index is 0.167. The summed E-state index contributed by atoms with van der Waals surface area (Å²) in [7, 11) is 0. The lowest BCUT2D eigenvalue weighted by Gasteiger charge is -2.12. The summed E-state index contributed by atoms with van der Waals surface area (Å²) in [5.41, 5.74) is 0.167. The van der Waals surface area contributed by atoms with Crippen molar-refractivity contribution >= 4 is 23.4 Å². The van der Waals surface area contributed by atoms with Crippen molar-refractivity contribution < 1.29 is 19.0 Å². The zero-order valence-electron chi connectivity index (χ0n) is 13.4. The number of amides is 2. The molecular weight excluding hydrogens is 349 g/mol. The standard InChI is InChI=1S/C17H17ClFN3O3/c1-2-25-13-5-4-11(19)15(16(13)23)10-7-12(10)21-17(24)22-14-6-3-9(18)8-20-14/h3-6,8,10,12,23H,2,7H2,1H3,(H2,20,21,22,24)/t10-,12+/m0/s1. The number of aromatic nitrogens is 1. The summed E-state index contributed by atoms with van der Waals surface area (Å²) in [5, 5.41) is 16.0. The van der Waals surface area contributed by atoms with Crippen molar-refractivity contribution in [2.45, 2.75) is 25.3 Å². The van der Waals surface area contributed by atoms with E-state index in [4.69, 9.17) is 16.3 Å². The number of anilines is 1. The molecule has 0 spiro atoms. The van der Waals surface area contributed by atoms with E-state index in [0.717, 1.165) is 0 Å². The van der Waals surface area contributed by atoms with Crippen LogP contribution >= 0.6 is 11.6 Å². The van der Waals surface area contributed by atoms with Crippen LogP contribution in [0.1, 0.15) is 24.8 Å². The molecule has 25 heavy (non-hydrogen) atoms. The Morgan fingerprint density at radius 3 is 2.92 bits per heavy atom. The number of aromatic hydroxyl groups is 1. The van der Waals surface area contributed by atoms with Gasteiger partial charge in [0.2, 0.25) is 0 Å². The first-order valence-electron chi connectivity index (χ1n) is 7.82. The second-order valence-corrected chi connectivity index (χ2v) is 6.09. The van der Waals surface area contributed by atoms with Crippen LogP contribution in [0.2, 0.25) is 5.02 Å². The number of hydrogen-bond acceptors (Lipinski definition) is 4. The van der Waals surface area contributed by atoms with Crippen molar-refractivity contribution in [1.29, 1.82) is 0 Å². The lowest BCUT2D eigenvalue weighted by Crippen LogP contribution is -2.31. The van der Waals surface area contributed by atoms with Gasteiger partial charge in [-0.2, -0.15) is 0 Å². The van der Waals surface area contributed by atoms with Gasteiger partial charge in [0.25, 0.3) is 0 Å². The van der Waals surface area contributed by atoms with Gasteiger partial charge in [-0.3, -0.25) is 5.32 Å². The van der Waals surface area contributed by atoms with Gasteiger partial charge in [-0.05, 0) is 37.6 Å². The van der Waals surface area contributed by atoms with Crippen LogP contribution in [0.3, 0.4) is 0 Å². The predicted molar refractivity (Wildman–Crippen MR) is 91.8 cm³/mol. The third-order valence-corrected chi connectivity index (χ3v) is 4.10. The average Bonchev–Trinajstić information content (AvgIpc) is 3.31. The number of nitrogens with zero attached hydrogens (tertiary/aromatic N) is 1. The van der Waals surface area contributed by atoms with E-state index in [-0.39, 0.29) is 29.0 Å². The van der Waals surface area contributed by atoms with Crippen molar-refractivity contribution in [1.82, 2.24) is 10.3 Å². The Balaban J connectivity index is 1.64. The largest absolute Gasteiger partial charge is 0.504 e. The Labute approximate surface area is 149 Å². The number of carbonyl (C=O) groups is 1. The summed E-state index contributed by atoms with van der Waals surface area (Å²) in [5.74, 6) is -0.443. The van der Waals surface area contributed by atoms with Gasteiger partial charge in [-0.25, -0.2) is 14.2 Å². The fraction of sp³-hybridized carbons (Fsp3) is 0.294. The smallest absolute Gasteiger partial charge is 0.320 e. The maximum atomic E-state index is 14.1. The van der Waals surface area contributed by atoms with E-state index in [1.165, 1.54) is 18.3 Å². The highest BCUT2D eigenvalue weighted by molar-refractivity contribution is 6.30. The maximum Gasteiger partial charge on any atom is 0.320 e. The van der Waals surface area contributed by atoms with Gasteiger partial charge in [0.1, 0.15) is 11.6 Å². The van der Waals surface area contributed by atoms with Gasteiger partial charge in [0.05, 0.1) is 11.6 Å². The Morgan fingerprint density at radius 1 is 1.44 bits per heavy atom. The second-order valence-electron chi connectivity index (χ2n) is 5.65. The number of halogens is 2. The van der Waals surface area contributed by atoms with Crippen LogP contribution in [-0.4, -0.2) is 28.8 Å². The summed E-state index contributed by atoms with van der Waals surface area (Å²) in [6.07, 6.45) is 1.95. The molecule has 8 heteroatoms. The van der Waals surface area contributed by atoms with Gasteiger partial charge in [-0.15, -0.1) is 0 Å². The highest BCUT2D eigenvalue weighted by atomic mass is 35.5. The molecule has 1 fully saturated rings. The van der Waals surface area contributed by atoms with Crippen molar-refractivity contribution in [2.24, 2.45) is 0 Å². The van der Waals surface area contributed by atoms with Crippen LogP contribution in [0.4, 0.5) is 15.0 Å². The lowest BCUT2D eigenvalue weighted by atomic mass is 10.1. The summed E-state index contributed by atoms with van der Waals surface area (Å²) in [4.78, 5) is 16.0. The molecule has 1 aliphatic carbocycles. The van der Waals surface area contributed by atoms with E-state index < -0.39 is 11.8 Å². The number of rotatable bonds is 5. The van der Waals surface area contributed by atoms with E-state index >= 15 is 0 Å². The number of urea groups is 1. The van der Waals surface area contributed by atoms with E-state index in [1.807, 2.05) is 0 Å². The SMILES string of the molecule is CCOc1ccc(F)c([C@H]2C[C@H]2NC(=O)Nc2ccc(Cl)cn2)c1O. The Hall–Kier alpha value is -2.54. The molecule has 2 amide bonds. The number of ether oxygens (including phenoxy) is 1. The fourth-order valence-corrected chi connectivity index (χ4v) is 2.74. The summed E-state index contributed by atoms with van der Waals surface area (Å²) >= 11 is 5.73. The van der Waals surface area contributed by atoms with Gasteiger partial charge in [0, 0.05) is 23.7 Å². The Bertz CT molecular complexity index is 785. The molecule has 0 radical (unpaired) electrons. The molecule has 2 aromatic rings. The predicted octanol–water partition coefficient (Wildman–Crippen LogP) is 3.66. The zero-order chi connectivity index (χ0) is 18.0. The summed E-state index contributed by atoms with van der Waals surface area (Å²) in [6.45, 7) is 2.14. The molecule has 0 bridgehead atoms. The molecule has 1 aromatic carbocycles. The molecule has 1 aliphatic rings. The summed E-state index contributed by atoms with van der Waals surface area (Å²) < 4.78 is 19.4. The molecule has 132 valence electrons. The van der Waals surface area contributed by atoms with Crippen LogP contribution in [-0.2, 0) is 0 Å². The van der Waals surface area contributed by atoms with Crippen LogP contribution in [0.25, 0.3) is 0 Å². The first-order valence-corrected chi connectivity index (χ1v) is 8.20. The third-order valence-electron chi connectivity index (χ3n) is 3.87. The first-order chi connectivity index (χ1) is 12.0. The molecule has 0 aliphatic heterocycles. The second kappa shape index (κ2) is 7.14. The van der Waals surface area contributed by atoms with Gasteiger partial charge < -0.3 is 15.2 Å². The molecule has 1 aromatic heterocycles. The molecular formula is C17H17ClFN3O3. The molecule has 6 nitrogen and oxygen atoms in total. The van der Waals surface area contributed by atoms with E-state index in [2.05, 4.69) is 15.6 Å². The maximum absolute atomic E-state index is 14.1. The average molecular weight is 366 g/mol. The molecule has 3 N–H and O–H groups in total. The number of carbonyl (C=O) groups excluding carboxylic acids is 1. The van der Waals surface area contributed by atoms with Crippen molar-refractivity contribution in [3.63, 3.8) is 0 Å². The highest BCUT2D eigenvalue weighted by Crippen LogP contribution is 2.48. The third kappa shape index (κ3) is 3.93. The molecule has 1 saturated carbocycles. The minimum Gasteiger partial charge on any atom is -0.504 e. The number of nitrogens with one attached hydrogen (secondary N) is 2. The fourth-order valence-electron chi connectivity index (χ4n) is 2.63. The van der Waals surface area contributed by atoms with Gasteiger partial charge >= 0.3 is 6.03 Å². The molecule has 0 unspecified atom stereocenters. The summed E-state index contributed by atoms with van der Waals surface area (Å²) in [6, 6.07) is 5.10. The van der Waals surface area contributed by atoms with Crippen LogP contribution < -0.4 is 15.4 Å². The number of hydrogen-bond donors (Lipinski definition) is 3. The normalized spacial score (nSPS) is 18.5. The van der Waals surface area contributed by atoms with Crippen LogP contribution in [0, 0.1) is 5.82 Å². The molecule has 0 saturated heterocycles. The quantitative estimate of drug-likeness (QED) is 0.755. The molecule has 2 atom stereocenters. The van der Waals surface area contributed by atoms with Gasteiger partial charge in [0.15, 0.2) is 11.5 Å². The molecule has 1 heterocycles.